The zero-order valence-electron chi connectivity index (χ0n) is 8.68. The molecule has 0 saturated carbocycles. The van der Waals surface area contributed by atoms with E-state index < -0.39 is 5.97 Å². The summed E-state index contributed by atoms with van der Waals surface area (Å²) in [4.78, 5) is 12.8. The van der Waals surface area contributed by atoms with Gasteiger partial charge in [0.1, 0.15) is 0 Å². The van der Waals surface area contributed by atoms with Crippen LogP contribution in [0, 0.1) is 0 Å². The molecule has 0 amide bonds. The number of nitrogens with two attached hydrogens (primary N) is 1. The Morgan fingerprint density at radius 2 is 1.73 bits per heavy atom. The number of hydrogen-bond acceptors (Lipinski definition) is 3. The first kappa shape index (κ1) is 15.8. The number of thiocarbonyl (C=S) groups is 1. The number of nitrogens with one attached hydrogen (secondary N) is 1. The fraction of sp³-hybridized carbons (Fsp3) is 0.222. The predicted molar refractivity (Wildman–Crippen MR) is 63.4 cm³/mol. The van der Waals surface area contributed by atoms with Crippen molar-refractivity contribution in [1.82, 2.24) is 10.3 Å². The van der Waals surface area contributed by atoms with Crippen LogP contribution >= 0.6 is 12.2 Å². The Balaban J connectivity index is 0. The molecule has 1 aromatic heterocycles. The molecule has 0 aliphatic carbocycles. The van der Waals surface area contributed by atoms with Crippen LogP contribution in [0.4, 0.5) is 0 Å². The van der Waals surface area contributed by atoms with E-state index in [0.29, 0.717) is 5.11 Å². The van der Waals surface area contributed by atoms with Crippen LogP contribution in [0.5, 0.6) is 0 Å². The van der Waals surface area contributed by atoms with E-state index in [1.165, 1.54) is 0 Å². The first-order chi connectivity index (χ1) is 7.00. The predicted octanol–water partition coefficient (Wildman–Crippen LogP) is 0.622. The molecule has 1 aromatic rings. The maximum absolute atomic E-state index is 9.00. The Morgan fingerprint density at radius 3 is 1.80 bits per heavy atom. The second kappa shape index (κ2) is 12.3. The van der Waals surface area contributed by atoms with E-state index in [2.05, 4.69) is 22.5 Å². The Bertz CT molecular complexity index is 237. The highest BCUT2D eigenvalue weighted by molar-refractivity contribution is 7.80. The molecule has 0 radical (unpaired) electrons. The van der Waals surface area contributed by atoms with Crippen LogP contribution in [-0.2, 0) is 4.79 Å². The van der Waals surface area contributed by atoms with Gasteiger partial charge in [-0.3, -0.25) is 9.78 Å². The Morgan fingerprint density at radius 1 is 1.40 bits per heavy atom. The van der Waals surface area contributed by atoms with Crippen LogP contribution in [0.15, 0.2) is 30.6 Å². The molecule has 0 aliphatic rings. The third-order valence-corrected chi connectivity index (χ3v) is 1.02. The summed E-state index contributed by atoms with van der Waals surface area (Å²) in [6.45, 7) is 1.08. The molecule has 84 valence electrons. The average molecular weight is 229 g/mol. The lowest BCUT2D eigenvalue weighted by molar-refractivity contribution is -0.134. The molecule has 1 rings (SSSR count). The van der Waals surface area contributed by atoms with Crippen LogP contribution in [-0.4, -0.2) is 28.2 Å². The van der Waals surface area contributed by atoms with Gasteiger partial charge in [0.2, 0.25) is 0 Å². The fourth-order valence-electron chi connectivity index (χ4n) is 0.313. The van der Waals surface area contributed by atoms with Crippen molar-refractivity contribution in [2.24, 2.45) is 5.73 Å². The van der Waals surface area contributed by atoms with Crippen molar-refractivity contribution in [3.8, 4) is 0 Å². The second-order valence-electron chi connectivity index (χ2n) is 2.16. The molecule has 0 bridgehead atoms. The van der Waals surface area contributed by atoms with E-state index in [9.17, 15) is 0 Å². The summed E-state index contributed by atoms with van der Waals surface area (Å²) < 4.78 is 0. The van der Waals surface area contributed by atoms with Gasteiger partial charge < -0.3 is 16.2 Å². The van der Waals surface area contributed by atoms with Crippen molar-refractivity contribution in [2.45, 2.75) is 6.92 Å². The number of nitrogens with zero attached hydrogens (tertiary/aromatic N) is 1. The maximum atomic E-state index is 9.00. The van der Waals surface area contributed by atoms with Gasteiger partial charge in [-0.15, -0.1) is 0 Å². The van der Waals surface area contributed by atoms with E-state index in [0.717, 1.165) is 6.92 Å². The van der Waals surface area contributed by atoms with Gasteiger partial charge in [-0.05, 0) is 24.4 Å². The summed E-state index contributed by atoms with van der Waals surface area (Å²) in [6, 6.07) is 5.72. The van der Waals surface area contributed by atoms with Crippen molar-refractivity contribution in [1.29, 1.82) is 0 Å². The zero-order chi connectivity index (χ0) is 12.1. The number of aliphatic carboxylic acids is 1. The highest BCUT2D eigenvalue weighted by Gasteiger charge is 1.66. The van der Waals surface area contributed by atoms with E-state index in [4.69, 9.17) is 15.6 Å². The second-order valence-corrected chi connectivity index (χ2v) is 2.60. The van der Waals surface area contributed by atoms with E-state index in [1.807, 2.05) is 18.2 Å². The van der Waals surface area contributed by atoms with Gasteiger partial charge in [-0.25, -0.2) is 0 Å². The molecule has 0 aliphatic heterocycles. The minimum absolute atomic E-state index is 0.338. The number of carboxylic acid groups (broad SMARTS) is 1. The highest BCUT2D eigenvalue weighted by Crippen LogP contribution is 1.73. The van der Waals surface area contributed by atoms with E-state index >= 15 is 0 Å². The molecule has 0 aromatic carbocycles. The summed E-state index contributed by atoms with van der Waals surface area (Å²) in [7, 11) is 1.68. The smallest absolute Gasteiger partial charge is 0.300 e. The van der Waals surface area contributed by atoms with Crippen LogP contribution in [0.25, 0.3) is 0 Å². The average Bonchev–Trinajstić information content (AvgIpc) is 2.20. The molecule has 5 nitrogen and oxygen atoms in total. The highest BCUT2D eigenvalue weighted by atomic mass is 32.1. The summed E-state index contributed by atoms with van der Waals surface area (Å²) >= 11 is 4.36. The van der Waals surface area contributed by atoms with Gasteiger partial charge in [-0.2, -0.15) is 0 Å². The maximum Gasteiger partial charge on any atom is 0.300 e. The Labute approximate surface area is 94.3 Å². The lowest BCUT2D eigenvalue weighted by atomic mass is 10.5. The van der Waals surface area contributed by atoms with Gasteiger partial charge >= 0.3 is 0 Å². The molecule has 0 unspecified atom stereocenters. The van der Waals surface area contributed by atoms with Crippen molar-refractivity contribution >= 4 is 23.3 Å². The summed E-state index contributed by atoms with van der Waals surface area (Å²) in [5.41, 5.74) is 4.91. The third kappa shape index (κ3) is 32.9. The minimum Gasteiger partial charge on any atom is -0.481 e. The monoisotopic (exact) mass is 229 g/mol. The molecule has 0 spiro atoms. The molecule has 15 heavy (non-hydrogen) atoms. The van der Waals surface area contributed by atoms with Gasteiger partial charge in [0, 0.05) is 26.4 Å². The molecule has 4 N–H and O–H groups in total. The normalized spacial score (nSPS) is 7.07. The van der Waals surface area contributed by atoms with Crippen molar-refractivity contribution in [3.05, 3.63) is 30.6 Å². The van der Waals surface area contributed by atoms with Crippen molar-refractivity contribution in [3.63, 3.8) is 0 Å². The van der Waals surface area contributed by atoms with Crippen LogP contribution in [0.2, 0.25) is 0 Å². The van der Waals surface area contributed by atoms with E-state index in [-0.39, 0.29) is 0 Å². The lowest BCUT2D eigenvalue weighted by Crippen LogP contribution is -2.24. The molecule has 0 fully saturated rings. The number of rotatable bonds is 0. The molecule has 0 saturated heterocycles. The Kier molecular flexibility index (Phi) is 12.9. The van der Waals surface area contributed by atoms with Crippen LogP contribution in [0.1, 0.15) is 6.92 Å². The van der Waals surface area contributed by atoms with Crippen LogP contribution < -0.4 is 11.1 Å². The van der Waals surface area contributed by atoms with Crippen LogP contribution in [0.3, 0.4) is 0 Å². The topological polar surface area (TPSA) is 88.2 Å². The van der Waals surface area contributed by atoms with Crippen molar-refractivity contribution < 1.29 is 9.90 Å². The van der Waals surface area contributed by atoms with Crippen molar-refractivity contribution in [2.75, 3.05) is 7.05 Å². The summed E-state index contributed by atoms with van der Waals surface area (Å²) in [6.07, 6.45) is 3.50. The zero-order valence-corrected chi connectivity index (χ0v) is 9.49. The quantitative estimate of drug-likeness (QED) is 0.565. The van der Waals surface area contributed by atoms with Gasteiger partial charge in [-0.1, -0.05) is 6.07 Å². The Hall–Kier alpha value is -1.69. The SMILES string of the molecule is CC(=O)O.CNC(N)=S.c1ccncc1. The molecule has 0 atom stereocenters. The number of carbonyl (C=O) groups is 1. The lowest BCUT2D eigenvalue weighted by Gasteiger charge is -1.85. The van der Waals surface area contributed by atoms with E-state index in [1.54, 1.807) is 19.4 Å². The first-order valence-corrected chi connectivity index (χ1v) is 4.43. The molecule has 6 heteroatoms. The van der Waals surface area contributed by atoms with Gasteiger partial charge in [0.25, 0.3) is 5.97 Å². The van der Waals surface area contributed by atoms with Gasteiger partial charge in [0.05, 0.1) is 0 Å². The molecular weight excluding hydrogens is 214 g/mol. The standard InChI is InChI=1S/C5H5N.C2H6N2S.C2H4O2/c1-2-4-6-5-3-1;1-4-2(3)5;1-2(3)4/h1-5H;1H3,(H3,3,4,5);1H3,(H,3,4). The number of pyridine rings is 1. The fourth-order valence-corrected chi connectivity index (χ4v) is 0.313. The third-order valence-electron chi connectivity index (χ3n) is 0.813. The summed E-state index contributed by atoms with van der Waals surface area (Å²) in [5, 5.41) is 10.3. The number of hydrogen-bond donors (Lipinski definition) is 3. The first-order valence-electron chi connectivity index (χ1n) is 4.02. The molecule has 1 heterocycles. The number of carboxylic acids is 1. The molecular formula is C9H15N3O2S. The van der Waals surface area contributed by atoms with Gasteiger partial charge in [0.15, 0.2) is 5.11 Å². The largest absolute Gasteiger partial charge is 0.481 e. The summed E-state index contributed by atoms with van der Waals surface area (Å²) in [5.74, 6) is -0.833. The number of aromatic nitrogens is 1. The minimum atomic E-state index is -0.833.